The zero-order valence-electron chi connectivity index (χ0n) is 17.7. The summed E-state index contributed by atoms with van der Waals surface area (Å²) in [6, 6.07) is 20.6. The van der Waals surface area contributed by atoms with Crippen molar-refractivity contribution in [2.24, 2.45) is 0 Å². The minimum Gasteiger partial charge on any atom is -0.490 e. The Morgan fingerprint density at radius 3 is 2.32 bits per heavy atom. The van der Waals surface area contributed by atoms with Crippen LogP contribution in [0.2, 0.25) is 5.02 Å². The third-order valence-corrected chi connectivity index (χ3v) is 4.94. The number of rotatable bonds is 10. The molecule has 0 radical (unpaired) electrons. The summed E-state index contributed by atoms with van der Waals surface area (Å²) in [6.45, 7) is 5.48. The highest BCUT2D eigenvalue weighted by atomic mass is 35.5. The molecule has 0 bridgehead atoms. The summed E-state index contributed by atoms with van der Waals surface area (Å²) in [4.78, 5) is 11.8. The number of benzene rings is 3. The first-order chi connectivity index (χ1) is 15.1. The number of hydrogen-bond donors (Lipinski definition) is 1. The van der Waals surface area contributed by atoms with Crippen molar-refractivity contribution in [3.63, 3.8) is 0 Å². The molecule has 1 N–H and O–H groups in total. The Balaban J connectivity index is 1.73. The molecule has 0 saturated carbocycles. The molecule has 0 unspecified atom stereocenters. The fourth-order valence-electron chi connectivity index (χ4n) is 3.03. The standard InChI is InChI=1S/C25H26ClNO4/c1-3-29-23-11-7-9-19(24(23)31-17-20-8-5-6-10-22(20)26)16-27-21-14-12-18(13-15-21)25(28)30-4-2/h5-15,27H,3-4,16-17H2,1-2H3. The molecule has 0 aliphatic carbocycles. The molecule has 0 saturated heterocycles. The van der Waals surface area contributed by atoms with Crippen LogP contribution in [0.3, 0.4) is 0 Å². The maximum absolute atomic E-state index is 11.8. The Labute approximate surface area is 187 Å². The Morgan fingerprint density at radius 1 is 0.871 bits per heavy atom. The van der Waals surface area contributed by atoms with Gasteiger partial charge in [-0.15, -0.1) is 0 Å². The maximum Gasteiger partial charge on any atom is 0.338 e. The van der Waals surface area contributed by atoms with Crippen LogP contribution >= 0.6 is 11.6 Å². The number of ether oxygens (including phenoxy) is 3. The van der Waals surface area contributed by atoms with Gasteiger partial charge in [-0.2, -0.15) is 0 Å². The van der Waals surface area contributed by atoms with E-state index in [9.17, 15) is 4.79 Å². The summed E-state index contributed by atoms with van der Waals surface area (Å²) in [7, 11) is 0. The van der Waals surface area contributed by atoms with E-state index >= 15 is 0 Å². The van der Waals surface area contributed by atoms with Crippen molar-refractivity contribution in [1.82, 2.24) is 0 Å². The lowest BCUT2D eigenvalue weighted by molar-refractivity contribution is 0.0526. The van der Waals surface area contributed by atoms with Gasteiger partial charge in [-0.3, -0.25) is 0 Å². The highest BCUT2D eigenvalue weighted by molar-refractivity contribution is 6.31. The van der Waals surface area contributed by atoms with Gasteiger partial charge in [-0.25, -0.2) is 4.79 Å². The van der Waals surface area contributed by atoms with E-state index in [0.29, 0.717) is 48.5 Å². The zero-order chi connectivity index (χ0) is 22.1. The Kier molecular flexibility index (Phi) is 8.19. The normalized spacial score (nSPS) is 10.4. The second-order valence-corrected chi connectivity index (χ2v) is 7.12. The fourth-order valence-corrected chi connectivity index (χ4v) is 3.23. The molecule has 0 fully saturated rings. The molecular weight excluding hydrogens is 414 g/mol. The summed E-state index contributed by atoms with van der Waals surface area (Å²) in [6.07, 6.45) is 0. The maximum atomic E-state index is 11.8. The van der Waals surface area contributed by atoms with Gasteiger partial charge in [0.15, 0.2) is 11.5 Å². The summed E-state index contributed by atoms with van der Waals surface area (Å²) >= 11 is 6.27. The third kappa shape index (κ3) is 6.15. The summed E-state index contributed by atoms with van der Waals surface area (Å²) in [5, 5.41) is 4.03. The van der Waals surface area contributed by atoms with Crippen molar-refractivity contribution in [2.45, 2.75) is 27.0 Å². The van der Waals surface area contributed by atoms with Crippen LogP contribution in [0.4, 0.5) is 5.69 Å². The van der Waals surface area contributed by atoms with Crippen LogP contribution in [0, 0.1) is 0 Å². The molecule has 0 aromatic heterocycles. The topological polar surface area (TPSA) is 56.8 Å². The zero-order valence-corrected chi connectivity index (χ0v) is 18.4. The third-order valence-electron chi connectivity index (χ3n) is 4.57. The van der Waals surface area contributed by atoms with E-state index in [4.69, 9.17) is 25.8 Å². The molecule has 3 aromatic rings. The SMILES string of the molecule is CCOC(=O)c1ccc(NCc2cccc(OCC)c2OCc2ccccc2Cl)cc1. The highest BCUT2D eigenvalue weighted by Gasteiger charge is 2.13. The second kappa shape index (κ2) is 11.3. The number of hydrogen-bond acceptors (Lipinski definition) is 5. The first-order valence-electron chi connectivity index (χ1n) is 10.2. The largest absolute Gasteiger partial charge is 0.490 e. The van der Waals surface area contributed by atoms with Crippen molar-refractivity contribution < 1.29 is 19.0 Å². The number of esters is 1. The number of halogens is 1. The van der Waals surface area contributed by atoms with E-state index in [1.54, 1.807) is 19.1 Å². The summed E-state index contributed by atoms with van der Waals surface area (Å²) < 4.78 is 16.9. The molecule has 5 nitrogen and oxygen atoms in total. The van der Waals surface area contributed by atoms with Crippen molar-refractivity contribution in [3.05, 3.63) is 88.4 Å². The molecule has 3 aromatic carbocycles. The number of carbonyl (C=O) groups is 1. The smallest absolute Gasteiger partial charge is 0.338 e. The van der Waals surface area contributed by atoms with Gasteiger partial charge < -0.3 is 19.5 Å². The lowest BCUT2D eigenvalue weighted by Crippen LogP contribution is -2.07. The molecule has 0 atom stereocenters. The second-order valence-electron chi connectivity index (χ2n) is 6.71. The van der Waals surface area contributed by atoms with E-state index in [1.165, 1.54) is 0 Å². The van der Waals surface area contributed by atoms with Gasteiger partial charge >= 0.3 is 5.97 Å². The molecule has 162 valence electrons. The predicted octanol–water partition coefficient (Wildman–Crippen LogP) is 6.11. The molecule has 0 aliphatic heterocycles. The molecule has 0 spiro atoms. The van der Waals surface area contributed by atoms with Crippen LogP contribution in [0.5, 0.6) is 11.5 Å². The van der Waals surface area contributed by atoms with Gasteiger partial charge in [0.2, 0.25) is 0 Å². The number of nitrogens with one attached hydrogen (secondary N) is 1. The van der Waals surface area contributed by atoms with Crippen molar-refractivity contribution in [1.29, 1.82) is 0 Å². The van der Waals surface area contributed by atoms with E-state index < -0.39 is 0 Å². The Bertz CT molecular complexity index is 1000. The van der Waals surface area contributed by atoms with Gasteiger partial charge in [-0.05, 0) is 50.2 Å². The molecule has 0 aliphatic rings. The number of anilines is 1. The highest BCUT2D eigenvalue weighted by Crippen LogP contribution is 2.33. The van der Waals surface area contributed by atoms with Crippen molar-refractivity contribution in [2.75, 3.05) is 18.5 Å². The lowest BCUT2D eigenvalue weighted by atomic mass is 10.1. The number of carbonyl (C=O) groups excluding carboxylic acids is 1. The van der Waals surface area contributed by atoms with Gasteiger partial charge in [0.1, 0.15) is 6.61 Å². The van der Waals surface area contributed by atoms with Crippen molar-refractivity contribution >= 4 is 23.3 Å². The van der Waals surface area contributed by atoms with Gasteiger partial charge in [0.05, 0.1) is 18.8 Å². The average Bonchev–Trinajstić information content (AvgIpc) is 2.78. The minimum atomic E-state index is -0.325. The van der Waals surface area contributed by atoms with Crippen LogP contribution < -0.4 is 14.8 Å². The fraction of sp³-hybridized carbons (Fsp3) is 0.240. The molecule has 3 rings (SSSR count). The van der Waals surface area contributed by atoms with Gasteiger partial charge in [0, 0.05) is 28.4 Å². The molecule has 0 heterocycles. The molecular formula is C25H26ClNO4. The van der Waals surface area contributed by atoms with Crippen LogP contribution in [-0.2, 0) is 17.9 Å². The van der Waals surface area contributed by atoms with E-state index in [-0.39, 0.29) is 5.97 Å². The summed E-state index contributed by atoms with van der Waals surface area (Å²) in [5.74, 6) is 1.04. The summed E-state index contributed by atoms with van der Waals surface area (Å²) in [5.41, 5.74) is 3.26. The predicted molar refractivity (Wildman–Crippen MR) is 123 cm³/mol. The van der Waals surface area contributed by atoms with Crippen LogP contribution in [0.1, 0.15) is 35.3 Å². The minimum absolute atomic E-state index is 0.325. The van der Waals surface area contributed by atoms with Gasteiger partial charge in [0.25, 0.3) is 0 Å². The van der Waals surface area contributed by atoms with E-state index in [1.807, 2.05) is 61.5 Å². The first-order valence-corrected chi connectivity index (χ1v) is 10.6. The van der Waals surface area contributed by atoms with Crippen molar-refractivity contribution in [3.8, 4) is 11.5 Å². The van der Waals surface area contributed by atoms with Crippen LogP contribution in [-0.4, -0.2) is 19.2 Å². The average molecular weight is 440 g/mol. The molecule has 6 heteroatoms. The quantitative estimate of drug-likeness (QED) is 0.386. The number of para-hydroxylation sites is 1. The monoisotopic (exact) mass is 439 g/mol. The van der Waals surface area contributed by atoms with E-state index in [0.717, 1.165) is 16.8 Å². The van der Waals surface area contributed by atoms with Gasteiger partial charge in [-0.1, -0.05) is 41.9 Å². The Hall–Kier alpha value is -3.18. The van der Waals surface area contributed by atoms with Crippen LogP contribution in [0.15, 0.2) is 66.7 Å². The van der Waals surface area contributed by atoms with E-state index in [2.05, 4.69) is 5.32 Å². The Morgan fingerprint density at radius 2 is 1.61 bits per heavy atom. The first kappa shape index (κ1) is 22.5. The molecule has 0 amide bonds. The molecule has 31 heavy (non-hydrogen) atoms. The lowest BCUT2D eigenvalue weighted by Gasteiger charge is -2.17. The van der Waals surface area contributed by atoms with Crippen LogP contribution in [0.25, 0.3) is 0 Å².